The summed E-state index contributed by atoms with van der Waals surface area (Å²) < 4.78 is 6.52. The van der Waals surface area contributed by atoms with Crippen LogP contribution < -0.4 is 11.1 Å². The van der Waals surface area contributed by atoms with Crippen LogP contribution in [0, 0.1) is 0 Å². The number of fused-ring (bicyclic) bond motifs is 4. The van der Waals surface area contributed by atoms with Gasteiger partial charge in [-0.05, 0) is 12.1 Å². The number of piperazine rings is 3. The first-order chi connectivity index (χ1) is 11.2. The Hall–Kier alpha value is -2.12. The van der Waals surface area contributed by atoms with Crippen molar-refractivity contribution in [3.05, 3.63) is 34.8 Å². The highest BCUT2D eigenvalue weighted by Crippen LogP contribution is 2.15. The summed E-state index contributed by atoms with van der Waals surface area (Å²) in [4.78, 5) is 29.0. The number of nitrogens with one attached hydrogen (secondary N) is 1. The average Bonchev–Trinajstić information content (AvgIpc) is 2.90. The summed E-state index contributed by atoms with van der Waals surface area (Å²) in [7, 11) is 0. The molecule has 1 N–H and O–H groups in total. The number of aromatic nitrogens is 1. The largest absolute Gasteiger partial charge is 0.420 e. The van der Waals surface area contributed by atoms with Gasteiger partial charge in [-0.25, -0.2) is 4.79 Å². The van der Waals surface area contributed by atoms with Crippen molar-refractivity contribution in [1.29, 1.82) is 0 Å². The fraction of sp³-hybridized carbons (Fsp3) is 0.500. The van der Waals surface area contributed by atoms with Crippen molar-refractivity contribution in [3.8, 4) is 0 Å². The van der Waals surface area contributed by atoms with Crippen LogP contribution in [0.15, 0.2) is 33.5 Å². The van der Waals surface area contributed by atoms with Crippen molar-refractivity contribution in [2.45, 2.75) is 12.6 Å². The number of hydrogen-bond donors (Lipinski definition) is 1. The minimum atomic E-state index is -0.493. The minimum absolute atomic E-state index is 0.00766. The Morgan fingerprint density at radius 3 is 2.74 bits per heavy atom. The molecule has 7 nitrogen and oxygen atoms in total. The van der Waals surface area contributed by atoms with Crippen molar-refractivity contribution in [2.75, 3.05) is 39.3 Å². The third-order valence-electron chi connectivity index (χ3n) is 4.80. The first-order valence-electron chi connectivity index (χ1n) is 8.02. The molecule has 1 atom stereocenters. The number of hydrogen-bond acceptors (Lipinski definition) is 5. The Kier molecular flexibility index (Phi) is 3.66. The number of oxazole rings is 1. The number of nitrogens with zero attached hydrogens (tertiary/aromatic N) is 3. The number of benzene rings is 1. The normalized spacial score (nSPS) is 26.5. The second-order valence-corrected chi connectivity index (χ2v) is 6.22. The van der Waals surface area contributed by atoms with E-state index in [1.165, 1.54) is 4.57 Å². The van der Waals surface area contributed by atoms with E-state index in [1.54, 1.807) is 18.2 Å². The number of carbonyl (C=O) groups excluding carboxylic acids is 1. The van der Waals surface area contributed by atoms with Gasteiger partial charge >= 0.3 is 5.76 Å². The molecule has 3 saturated heterocycles. The first-order valence-corrected chi connectivity index (χ1v) is 8.02. The van der Waals surface area contributed by atoms with E-state index in [4.69, 9.17) is 4.42 Å². The van der Waals surface area contributed by atoms with E-state index in [1.807, 2.05) is 6.07 Å². The maximum absolute atomic E-state index is 12.2. The highest BCUT2D eigenvalue weighted by molar-refractivity contribution is 5.79. The Morgan fingerprint density at radius 1 is 1.22 bits per heavy atom. The summed E-state index contributed by atoms with van der Waals surface area (Å²) in [5.74, 6) is -0.649. The molecule has 1 aromatic carbocycles. The summed E-state index contributed by atoms with van der Waals surface area (Å²) in [5.41, 5.74) is 1.16. The Labute approximate surface area is 133 Å². The molecular formula is C16H20N4O3. The maximum atomic E-state index is 12.2. The fourth-order valence-corrected chi connectivity index (χ4v) is 3.51. The lowest BCUT2D eigenvalue weighted by atomic mass is 10.1. The van der Waals surface area contributed by atoms with Crippen molar-refractivity contribution in [3.63, 3.8) is 0 Å². The quantitative estimate of drug-likeness (QED) is 0.839. The highest BCUT2D eigenvalue weighted by atomic mass is 16.4. The van der Waals surface area contributed by atoms with Crippen LogP contribution in [0.1, 0.15) is 0 Å². The van der Waals surface area contributed by atoms with Crippen LogP contribution in [-0.2, 0) is 11.3 Å². The van der Waals surface area contributed by atoms with Gasteiger partial charge in [0.25, 0.3) is 0 Å². The van der Waals surface area contributed by atoms with Crippen molar-refractivity contribution in [1.82, 2.24) is 19.7 Å². The number of rotatable bonds is 4. The summed E-state index contributed by atoms with van der Waals surface area (Å²) in [6, 6.07) is 7.52. The Balaban J connectivity index is 1.40. The second-order valence-electron chi connectivity index (χ2n) is 6.22. The van der Waals surface area contributed by atoms with Crippen LogP contribution in [-0.4, -0.2) is 65.6 Å². The van der Waals surface area contributed by atoms with Gasteiger partial charge in [0, 0.05) is 45.3 Å². The van der Waals surface area contributed by atoms with Crippen molar-refractivity contribution >= 4 is 17.0 Å². The van der Waals surface area contributed by atoms with Crippen LogP contribution in [0.5, 0.6) is 0 Å². The van der Waals surface area contributed by atoms with Gasteiger partial charge in [0.15, 0.2) is 5.58 Å². The molecule has 4 heterocycles. The van der Waals surface area contributed by atoms with E-state index >= 15 is 0 Å². The fourth-order valence-electron chi connectivity index (χ4n) is 3.51. The third-order valence-corrected chi connectivity index (χ3v) is 4.80. The van der Waals surface area contributed by atoms with Gasteiger partial charge in [-0.3, -0.25) is 19.2 Å². The van der Waals surface area contributed by atoms with Crippen molar-refractivity contribution in [2.24, 2.45) is 0 Å². The zero-order valence-electron chi connectivity index (χ0n) is 12.9. The molecule has 2 bridgehead atoms. The molecule has 1 aromatic heterocycles. The SMILES string of the molecule is O=C(Cn1c(=O)oc2ccccc21)NCC1CN2CCN1CC2. The molecule has 122 valence electrons. The third kappa shape index (κ3) is 2.77. The molecule has 3 aliphatic rings. The van der Waals surface area contributed by atoms with Gasteiger partial charge in [-0.1, -0.05) is 12.1 Å². The van der Waals surface area contributed by atoms with Crippen LogP contribution in [0.4, 0.5) is 0 Å². The predicted octanol–water partition coefficient (Wildman–Crippen LogP) is -0.289. The van der Waals surface area contributed by atoms with E-state index < -0.39 is 5.76 Å². The van der Waals surface area contributed by atoms with Gasteiger partial charge in [-0.2, -0.15) is 0 Å². The van der Waals surface area contributed by atoms with Gasteiger partial charge in [0.05, 0.1) is 5.52 Å². The Morgan fingerprint density at radius 2 is 2.00 bits per heavy atom. The average molecular weight is 316 g/mol. The molecule has 1 amide bonds. The molecule has 1 unspecified atom stereocenters. The molecule has 0 radical (unpaired) electrons. The molecule has 7 heteroatoms. The lowest BCUT2D eigenvalue weighted by Crippen LogP contribution is -2.63. The van der Waals surface area contributed by atoms with Crippen molar-refractivity contribution < 1.29 is 9.21 Å². The summed E-state index contributed by atoms with van der Waals surface area (Å²) in [5, 5.41) is 2.96. The molecule has 5 rings (SSSR count). The number of para-hydroxylation sites is 2. The second kappa shape index (κ2) is 5.82. The minimum Gasteiger partial charge on any atom is -0.408 e. The molecule has 0 saturated carbocycles. The van der Waals surface area contributed by atoms with Gasteiger partial charge in [-0.15, -0.1) is 0 Å². The van der Waals surface area contributed by atoms with E-state index in [-0.39, 0.29) is 12.5 Å². The number of carbonyl (C=O) groups is 1. The van der Waals surface area contributed by atoms with E-state index in [0.717, 1.165) is 32.7 Å². The molecular weight excluding hydrogens is 296 g/mol. The summed E-state index contributed by atoms with van der Waals surface area (Å²) in [6.07, 6.45) is 0. The van der Waals surface area contributed by atoms with Gasteiger partial charge < -0.3 is 9.73 Å². The summed E-state index contributed by atoms with van der Waals surface area (Å²) >= 11 is 0. The lowest BCUT2D eigenvalue weighted by molar-refractivity contribution is -0.122. The number of amides is 1. The molecule has 23 heavy (non-hydrogen) atoms. The van der Waals surface area contributed by atoms with Gasteiger partial charge in [0.2, 0.25) is 5.91 Å². The lowest BCUT2D eigenvalue weighted by Gasteiger charge is -2.47. The van der Waals surface area contributed by atoms with Gasteiger partial charge in [0.1, 0.15) is 6.54 Å². The Bertz CT molecular complexity index is 773. The first kappa shape index (κ1) is 14.5. The molecule has 2 aromatic rings. The molecule has 3 aliphatic heterocycles. The monoisotopic (exact) mass is 316 g/mol. The zero-order chi connectivity index (χ0) is 15.8. The van der Waals surface area contributed by atoms with Crippen LogP contribution in [0.25, 0.3) is 11.1 Å². The smallest absolute Gasteiger partial charge is 0.408 e. The molecule has 0 spiro atoms. The predicted molar refractivity (Wildman–Crippen MR) is 85.3 cm³/mol. The standard InChI is InChI=1S/C16H20N4O3/c21-15(17-9-12-10-18-5-7-19(12)8-6-18)11-20-13-3-1-2-4-14(13)23-16(20)22/h1-4,12H,5-11H2,(H,17,21). The topological polar surface area (TPSA) is 70.7 Å². The van der Waals surface area contributed by atoms with Crippen LogP contribution in [0.3, 0.4) is 0 Å². The molecule has 3 fully saturated rings. The zero-order valence-corrected chi connectivity index (χ0v) is 12.9. The summed E-state index contributed by atoms with van der Waals surface area (Å²) in [6.45, 7) is 6.03. The van der Waals surface area contributed by atoms with E-state index in [2.05, 4.69) is 15.1 Å². The van der Waals surface area contributed by atoms with Crippen LogP contribution >= 0.6 is 0 Å². The molecule has 0 aliphatic carbocycles. The van der Waals surface area contributed by atoms with E-state index in [9.17, 15) is 9.59 Å². The van der Waals surface area contributed by atoms with Crippen LogP contribution in [0.2, 0.25) is 0 Å². The highest BCUT2D eigenvalue weighted by Gasteiger charge is 2.31. The van der Waals surface area contributed by atoms with E-state index in [0.29, 0.717) is 23.7 Å². The maximum Gasteiger partial charge on any atom is 0.420 e.